The molecular formula is C9H9FN2. The number of hydrogen-bond acceptors (Lipinski definition) is 1. The molecule has 0 bridgehead atoms. The van der Waals surface area contributed by atoms with Crippen LogP contribution in [0, 0.1) is 5.82 Å². The molecule has 2 aromatic rings. The highest BCUT2D eigenvalue weighted by atomic mass is 19.1. The summed E-state index contributed by atoms with van der Waals surface area (Å²) >= 11 is 0. The maximum absolute atomic E-state index is 13.1. The lowest BCUT2D eigenvalue weighted by molar-refractivity contribution is 0.640. The fourth-order valence-electron chi connectivity index (χ4n) is 1.41. The van der Waals surface area contributed by atoms with Crippen LogP contribution in [0.3, 0.4) is 0 Å². The Balaban J connectivity index is 2.98. The van der Waals surface area contributed by atoms with Gasteiger partial charge in [-0.1, -0.05) is 0 Å². The molecule has 0 amide bonds. The highest BCUT2D eigenvalue weighted by Gasteiger charge is 2.05. The van der Waals surface area contributed by atoms with Crippen LogP contribution < -0.4 is 5.73 Å². The van der Waals surface area contributed by atoms with Gasteiger partial charge in [-0.05, 0) is 18.2 Å². The Morgan fingerprint density at radius 2 is 2.08 bits per heavy atom. The molecule has 0 radical (unpaired) electrons. The summed E-state index contributed by atoms with van der Waals surface area (Å²) in [6, 6.07) is 4.69. The normalized spacial score (nSPS) is 10.8. The highest BCUT2D eigenvalue weighted by Crippen LogP contribution is 2.23. The van der Waals surface area contributed by atoms with Gasteiger partial charge in [0.05, 0.1) is 11.2 Å². The lowest BCUT2D eigenvalue weighted by Crippen LogP contribution is -1.92. The number of nitrogens with two attached hydrogens (primary N) is 1. The lowest BCUT2D eigenvalue weighted by Gasteiger charge is -2.00. The Bertz CT molecular complexity index is 431. The quantitative estimate of drug-likeness (QED) is 0.592. The van der Waals surface area contributed by atoms with E-state index in [2.05, 4.69) is 0 Å². The zero-order chi connectivity index (χ0) is 8.72. The van der Waals surface area contributed by atoms with Crippen LogP contribution in [0.1, 0.15) is 0 Å². The predicted molar refractivity (Wildman–Crippen MR) is 47.3 cm³/mol. The van der Waals surface area contributed by atoms with Crippen molar-refractivity contribution in [3.63, 3.8) is 0 Å². The van der Waals surface area contributed by atoms with E-state index in [9.17, 15) is 4.39 Å². The minimum absolute atomic E-state index is 0.222. The Morgan fingerprint density at radius 3 is 2.75 bits per heavy atom. The fourth-order valence-corrected chi connectivity index (χ4v) is 1.41. The summed E-state index contributed by atoms with van der Waals surface area (Å²) in [7, 11) is 1.85. The summed E-state index contributed by atoms with van der Waals surface area (Å²) in [5.74, 6) is -0.222. The van der Waals surface area contributed by atoms with E-state index in [0.29, 0.717) is 11.1 Å². The number of anilines is 1. The number of hydrogen-bond donors (Lipinski definition) is 1. The van der Waals surface area contributed by atoms with E-state index in [0.717, 1.165) is 5.52 Å². The average Bonchev–Trinajstić information content (AvgIpc) is 2.42. The molecule has 2 nitrogen and oxygen atoms in total. The Kier molecular flexibility index (Phi) is 1.33. The maximum Gasteiger partial charge on any atom is 0.132 e. The summed E-state index contributed by atoms with van der Waals surface area (Å²) in [5, 5.41) is 0.581. The number of benzene rings is 1. The van der Waals surface area contributed by atoms with Crippen molar-refractivity contribution in [3.8, 4) is 0 Å². The first kappa shape index (κ1) is 7.16. The standard InChI is InChI=1S/C9H9FN2/c1-12-5-4-6-7(10)2-3-8(11)9(6)12/h2-5H,11H2,1H3. The van der Waals surface area contributed by atoms with Crippen molar-refractivity contribution in [2.45, 2.75) is 0 Å². The third kappa shape index (κ3) is 0.794. The number of nitrogens with zero attached hydrogens (tertiary/aromatic N) is 1. The van der Waals surface area contributed by atoms with Gasteiger partial charge in [-0.2, -0.15) is 0 Å². The van der Waals surface area contributed by atoms with Crippen LogP contribution in [0.5, 0.6) is 0 Å². The first-order chi connectivity index (χ1) is 5.70. The van der Waals surface area contributed by atoms with E-state index in [1.165, 1.54) is 6.07 Å². The van der Waals surface area contributed by atoms with Crippen molar-refractivity contribution >= 4 is 16.6 Å². The van der Waals surface area contributed by atoms with Crippen molar-refractivity contribution in [2.75, 3.05) is 5.73 Å². The second-order valence-electron chi connectivity index (χ2n) is 2.83. The molecule has 62 valence electrons. The van der Waals surface area contributed by atoms with Gasteiger partial charge in [0.1, 0.15) is 5.82 Å². The van der Waals surface area contributed by atoms with Gasteiger partial charge in [-0.25, -0.2) is 4.39 Å². The van der Waals surface area contributed by atoms with Gasteiger partial charge in [-0.15, -0.1) is 0 Å². The van der Waals surface area contributed by atoms with E-state index in [4.69, 9.17) is 5.73 Å². The van der Waals surface area contributed by atoms with Crippen molar-refractivity contribution in [3.05, 3.63) is 30.2 Å². The van der Waals surface area contributed by atoms with Gasteiger partial charge in [-0.3, -0.25) is 0 Å². The first-order valence-corrected chi connectivity index (χ1v) is 3.69. The van der Waals surface area contributed by atoms with E-state index in [1.54, 1.807) is 18.3 Å². The van der Waals surface area contributed by atoms with E-state index in [-0.39, 0.29) is 5.82 Å². The third-order valence-corrected chi connectivity index (χ3v) is 2.01. The Hall–Kier alpha value is -1.51. The molecule has 0 saturated heterocycles. The first-order valence-electron chi connectivity index (χ1n) is 3.69. The summed E-state index contributed by atoms with van der Waals surface area (Å²) in [6.45, 7) is 0. The molecule has 1 aromatic carbocycles. The van der Waals surface area contributed by atoms with Crippen LogP contribution in [0.25, 0.3) is 10.9 Å². The molecule has 2 N–H and O–H groups in total. The molecule has 0 unspecified atom stereocenters. The van der Waals surface area contributed by atoms with Gasteiger partial charge in [0, 0.05) is 18.6 Å². The molecular weight excluding hydrogens is 155 g/mol. The van der Waals surface area contributed by atoms with E-state index < -0.39 is 0 Å². The number of fused-ring (bicyclic) bond motifs is 1. The number of aryl methyl sites for hydroxylation is 1. The summed E-state index contributed by atoms with van der Waals surface area (Å²) in [6.07, 6.45) is 1.80. The summed E-state index contributed by atoms with van der Waals surface area (Å²) < 4.78 is 14.9. The minimum atomic E-state index is -0.222. The Morgan fingerprint density at radius 1 is 1.33 bits per heavy atom. The number of rotatable bonds is 0. The maximum atomic E-state index is 13.1. The molecule has 0 aliphatic carbocycles. The molecule has 3 heteroatoms. The molecule has 1 heterocycles. The van der Waals surface area contributed by atoms with Gasteiger partial charge < -0.3 is 10.3 Å². The molecule has 2 rings (SSSR count). The van der Waals surface area contributed by atoms with E-state index in [1.807, 2.05) is 11.6 Å². The predicted octanol–water partition coefficient (Wildman–Crippen LogP) is 1.90. The zero-order valence-corrected chi connectivity index (χ0v) is 6.71. The molecule has 12 heavy (non-hydrogen) atoms. The van der Waals surface area contributed by atoms with Crippen LogP contribution in [0.2, 0.25) is 0 Å². The fraction of sp³-hybridized carbons (Fsp3) is 0.111. The van der Waals surface area contributed by atoms with Gasteiger partial charge >= 0.3 is 0 Å². The monoisotopic (exact) mass is 164 g/mol. The Labute approximate surface area is 69.4 Å². The van der Waals surface area contributed by atoms with Crippen LogP contribution in [-0.4, -0.2) is 4.57 Å². The molecule has 0 aliphatic heterocycles. The average molecular weight is 164 g/mol. The molecule has 0 saturated carbocycles. The smallest absolute Gasteiger partial charge is 0.132 e. The second-order valence-corrected chi connectivity index (χ2v) is 2.83. The largest absolute Gasteiger partial charge is 0.397 e. The SMILES string of the molecule is Cn1ccc2c(F)ccc(N)c21. The van der Waals surface area contributed by atoms with Crippen LogP contribution in [0.4, 0.5) is 10.1 Å². The van der Waals surface area contributed by atoms with Crippen molar-refractivity contribution in [1.29, 1.82) is 0 Å². The topological polar surface area (TPSA) is 30.9 Å². The molecule has 0 spiro atoms. The summed E-state index contributed by atoms with van der Waals surface area (Å²) in [5.41, 5.74) is 7.05. The van der Waals surface area contributed by atoms with E-state index >= 15 is 0 Å². The van der Waals surface area contributed by atoms with Crippen LogP contribution in [0.15, 0.2) is 24.4 Å². The van der Waals surface area contributed by atoms with Crippen molar-refractivity contribution in [1.82, 2.24) is 4.57 Å². The molecule has 0 aliphatic rings. The van der Waals surface area contributed by atoms with Gasteiger partial charge in [0.25, 0.3) is 0 Å². The van der Waals surface area contributed by atoms with Crippen molar-refractivity contribution in [2.24, 2.45) is 7.05 Å². The minimum Gasteiger partial charge on any atom is -0.397 e. The number of halogens is 1. The third-order valence-electron chi connectivity index (χ3n) is 2.01. The van der Waals surface area contributed by atoms with Crippen molar-refractivity contribution < 1.29 is 4.39 Å². The molecule has 1 aromatic heterocycles. The lowest BCUT2D eigenvalue weighted by atomic mass is 10.2. The highest BCUT2D eigenvalue weighted by molar-refractivity contribution is 5.90. The van der Waals surface area contributed by atoms with Gasteiger partial charge in [0.15, 0.2) is 0 Å². The summed E-state index contributed by atoms with van der Waals surface area (Å²) in [4.78, 5) is 0. The molecule has 0 fully saturated rings. The number of aromatic nitrogens is 1. The zero-order valence-electron chi connectivity index (χ0n) is 6.71. The van der Waals surface area contributed by atoms with Crippen LogP contribution >= 0.6 is 0 Å². The molecule has 0 atom stereocenters. The van der Waals surface area contributed by atoms with Gasteiger partial charge in [0.2, 0.25) is 0 Å². The number of nitrogen functional groups attached to an aromatic ring is 1. The second kappa shape index (κ2) is 2.24. The van der Waals surface area contributed by atoms with Crippen LogP contribution in [-0.2, 0) is 7.05 Å².